The van der Waals surface area contributed by atoms with Crippen LogP contribution in [0.2, 0.25) is 0 Å². The second kappa shape index (κ2) is 6.98. The Bertz CT molecular complexity index is 474. The minimum Gasteiger partial charge on any atom is -0.490 e. The van der Waals surface area contributed by atoms with Crippen LogP contribution in [0, 0.1) is 5.82 Å². The molecule has 1 aliphatic carbocycles. The van der Waals surface area contributed by atoms with Crippen molar-refractivity contribution in [3.63, 3.8) is 0 Å². The fraction of sp³-hybridized carbons (Fsp3) is 0.625. The van der Waals surface area contributed by atoms with Crippen molar-refractivity contribution in [2.45, 2.75) is 51.0 Å². The third-order valence-electron chi connectivity index (χ3n) is 4.08. The Morgan fingerprint density at radius 2 is 2.05 bits per heavy atom. The van der Waals surface area contributed by atoms with Gasteiger partial charge in [0.1, 0.15) is 0 Å². The van der Waals surface area contributed by atoms with Crippen molar-refractivity contribution < 1.29 is 14.2 Å². The number of nitrogens with one attached hydrogen (secondary N) is 1. The van der Waals surface area contributed by atoms with Crippen molar-refractivity contribution in [1.82, 2.24) is 0 Å². The van der Waals surface area contributed by atoms with Crippen LogP contribution in [0.5, 0.6) is 5.75 Å². The van der Waals surface area contributed by atoms with Gasteiger partial charge in [0.2, 0.25) is 0 Å². The monoisotopic (exact) mass is 296 g/mol. The number of hydrogen-bond acceptors (Lipinski definition) is 4. The predicted molar refractivity (Wildman–Crippen MR) is 83.1 cm³/mol. The maximum atomic E-state index is 13.8. The van der Waals surface area contributed by atoms with Gasteiger partial charge in [0.25, 0.3) is 0 Å². The van der Waals surface area contributed by atoms with Gasteiger partial charge in [-0.25, -0.2) is 4.39 Å². The first-order chi connectivity index (χ1) is 10.1. The summed E-state index contributed by atoms with van der Waals surface area (Å²) in [6.07, 6.45) is 5.94. The Labute approximate surface area is 125 Å². The van der Waals surface area contributed by atoms with E-state index >= 15 is 0 Å². The van der Waals surface area contributed by atoms with E-state index in [-0.39, 0.29) is 17.9 Å². The lowest BCUT2D eigenvalue weighted by molar-refractivity contribution is 0.173. The molecule has 0 saturated heterocycles. The molecule has 0 unspecified atom stereocenters. The number of hydrogen-bond donors (Lipinski definition) is 3. The number of nitrogen functional groups attached to an aromatic ring is 1. The highest BCUT2D eigenvalue weighted by atomic mass is 19.1. The molecule has 0 bridgehead atoms. The molecular weight excluding hydrogens is 271 g/mol. The van der Waals surface area contributed by atoms with E-state index in [0.29, 0.717) is 18.0 Å². The molecule has 1 aromatic rings. The Kier molecular flexibility index (Phi) is 5.28. The quantitative estimate of drug-likeness (QED) is 0.705. The molecule has 0 aliphatic heterocycles. The van der Waals surface area contributed by atoms with Gasteiger partial charge in [-0.15, -0.1) is 0 Å². The molecule has 21 heavy (non-hydrogen) atoms. The maximum Gasteiger partial charge on any atom is 0.167 e. The van der Waals surface area contributed by atoms with Crippen molar-refractivity contribution in [2.24, 2.45) is 0 Å². The fourth-order valence-corrected chi connectivity index (χ4v) is 2.84. The van der Waals surface area contributed by atoms with Gasteiger partial charge in [-0.05, 0) is 19.3 Å². The molecule has 0 heterocycles. The Hall–Kier alpha value is -1.49. The molecule has 118 valence electrons. The van der Waals surface area contributed by atoms with E-state index in [4.69, 9.17) is 10.5 Å². The second-order valence-electron chi connectivity index (χ2n) is 5.84. The van der Waals surface area contributed by atoms with E-state index in [1.807, 2.05) is 6.92 Å². The van der Waals surface area contributed by atoms with Crippen molar-refractivity contribution >= 4 is 11.4 Å². The lowest BCUT2D eigenvalue weighted by Gasteiger charge is -2.37. The van der Waals surface area contributed by atoms with Crippen LogP contribution in [0.4, 0.5) is 15.8 Å². The number of anilines is 2. The van der Waals surface area contributed by atoms with Gasteiger partial charge in [0.05, 0.1) is 30.1 Å². The second-order valence-corrected chi connectivity index (χ2v) is 5.84. The van der Waals surface area contributed by atoms with Crippen LogP contribution in [0.3, 0.4) is 0 Å². The first-order valence-corrected chi connectivity index (χ1v) is 7.71. The molecule has 2 rings (SSSR count). The number of halogens is 1. The molecule has 0 radical (unpaired) electrons. The van der Waals surface area contributed by atoms with Crippen LogP contribution in [0.1, 0.15) is 45.4 Å². The fourth-order valence-electron chi connectivity index (χ4n) is 2.84. The average molecular weight is 296 g/mol. The average Bonchev–Trinajstić information content (AvgIpc) is 2.50. The molecular formula is C16H25FN2O2. The van der Waals surface area contributed by atoms with Gasteiger partial charge in [-0.3, -0.25) is 0 Å². The number of rotatable bonds is 6. The van der Waals surface area contributed by atoms with Crippen LogP contribution in [-0.4, -0.2) is 23.9 Å². The van der Waals surface area contributed by atoms with E-state index in [1.165, 1.54) is 12.5 Å². The Morgan fingerprint density at radius 3 is 2.67 bits per heavy atom. The third kappa shape index (κ3) is 3.79. The predicted octanol–water partition coefficient (Wildman–Crippen LogP) is 3.30. The Balaban J connectivity index is 2.21. The molecule has 1 saturated carbocycles. The van der Waals surface area contributed by atoms with Crippen molar-refractivity contribution in [3.8, 4) is 5.75 Å². The lowest BCUT2D eigenvalue weighted by atomic mass is 9.82. The standard InChI is InChI=1S/C16H25FN2O2/c1-2-8-21-15-10-14(13(18)9-12(15)17)19-16(11-20)6-4-3-5-7-16/h9-10,19-20H,2-8,11,18H2,1H3. The Morgan fingerprint density at radius 1 is 1.33 bits per heavy atom. The maximum absolute atomic E-state index is 13.8. The molecule has 0 aromatic heterocycles. The first kappa shape index (κ1) is 15.9. The SMILES string of the molecule is CCCOc1cc(NC2(CO)CCCCC2)c(N)cc1F. The van der Waals surface area contributed by atoms with Gasteiger partial charge >= 0.3 is 0 Å². The normalized spacial score (nSPS) is 17.5. The summed E-state index contributed by atoms with van der Waals surface area (Å²) < 4.78 is 19.2. The summed E-state index contributed by atoms with van der Waals surface area (Å²) in [7, 11) is 0. The van der Waals surface area contributed by atoms with Crippen LogP contribution in [0.25, 0.3) is 0 Å². The first-order valence-electron chi connectivity index (χ1n) is 7.71. The van der Waals surface area contributed by atoms with Crippen molar-refractivity contribution in [1.29, 1.82) is 0 Å². The van der Waals surface area contributed by atoms with E-state index in [2.05, 4.69) is 5.32 Å². The molecule has 1 aromatic carbocycles. The molecule has 4 N–H and O–H groups in total. The zero-order valence-corrected chi connectivity index (χ0v) is 12.6. The lowest BCUT2D eigenvalue weighted by Crippen LogP contribution is -2.44. The molecule has 4 nitrogen and oxygen atoms in total. The largest absolute Gasteiger partial charge is 0.490 e. The van der Waals surface area contributed by atoms with Gasteiger partial charge in [0, 0.05) is 12.1 Å². The van der Waals surface area contributed by atoms with Crippen LogP contribution in [-0.2, 0) is 0 Å². The molecule has 1 aliphatic rings. The number of nitrogens with two attached hydrogens (primary N) is 1. The third-order valence-corrected chi connectivity index (χ3v) is 4.08. The van der Waals surface area contributed by atoms with Crippen LogP contribution >= 0.6 is 0 Å². The number of aliphatic hydroxyl groups excluding tert-OH is 1. The van der Waals surface area contributed by atoms with Gasteiger partial charge in [0.15, 0.2) is 11.6 Å². The summed E-state index contributed by atoms with van der Waals surface area (Å²) in [5.74, 6) is -0.245. The highest BCUT2D eigenvalue weighted by Gasteiger charge is 2.31. The minimum absolute atomic E-state index is 0.0506. The summed E-state index contributed by atoms with van der Waals surface area (Å²) in [5, 5.41) is 13.1. The zero-order chi connectivity index (χ0) is 15.3. The van der Waals surface area contributed by atoms with Gasteiger partial charge in [-0.2, -0.15) is 0 Å². The summed E-state index contributed by atoms with van der Waals surface area (Å²) in [6, 6.07) is 2.88. The minimum atomic E-state index is -0.451. The van der Waals surface area contributed by atoms with Crippen molar-refractivity contribution in [2.75, 3.05) is 24.3 Å². The van der Waals surface area contributed by atoms with Gasteiger partial charge in [-0.1, -0.05) is 26.2 Å². The molecule has 1 fully saturated rings. The van der Waals surface area contributed by atoms with Crippen LogP contribution in [0.15, 0.2) is 12.1 Å². The highest BCUT2D eigenvalue weighted by molar-refractivity contribution is 5.69. The number of benzene rings is 1. The van der Waals surface area contributed by atoms with Crippen molar-refractivity contribution in [3.05, 3.63) is 17.9 Å². The summed E-state index contributed by atoms with van der Waals surface area (Å²) in [5.41, 5.74) is 6.53. The highest BCUT2D eigenvalue weighted by Crippen LogP contribution is 2.35. The van der Waals surface area contributed by atoms with Gasteiger partial charge < -0.3 is 20.9 Å². The van der Waals surface area contributed by atoms with Crippen LogP contribution < -0.4 is 15.8 Å². The summed E-state index contributed by atoms with van der Waals surface area (Å²) in [4.78, 5) is 0. The summed E-state index contributed by atoms with van der Waals surface area (Å²) in [6.45, 7) is 2.48. The van der Waals surface area contributed by atoms with E-state index in [9.17, 15) is 9.50 Å². The van der Waals surface area contributed by atoms with E-state index in [1.54, 1.807) is 6.07 Å². The molecule has 0 amide bonds. The van der Waals surface area contributed by atoms with E-state index < -0.39 is 5.82 Å². The summed E-state index contributed by atoms with van der Waals surface area (Å²) >= 11 is 0. The van der Waals surface area contributed by atoms with E-state index in [0.717, 1.165) is 32.1 Å². The number of ether oxygens (including phenoxy) is 1. The number of aliphatic hydroxyl groups is 1. The molecule has 5 heteroatoms. The smallest absolute Gasteiger partial charge is 0.167 e. The zero-order valence-electron chi connectivity index (χ0n) is 12.6. The molecule has 0 spiro atoms. The molecule has 0 atom stereocenters. The topological polar surface area (TPSA) is 67.5 Å².